The van der Waals surface area contributed by atoms with Crippen molar-refractivity contribution < 1.29 is 35.2 Å². The van der Waals surface area contributed by atoms with E-state index in [0.29, 0.717) is 0 Å². The van der Waals surface area contributed by atoms with Gasteiger partial charge in [0, 0.05) is 64.3 Å². The molecule has 38 heavy (non-hydrogen) atoms. The summed E-state index contributed by atoms with van der Waals surface area (Å²) >= 11 is 0. The van der Waals surface area contributed by atoms with Crippen LogP contribution < -0.4 is 5.32 Å². The molecule has 15 heteroatoms. The van der Waals surface area contributed by atoms with Crippen molar-refractivity contribution in [3.8, 4) is 0 Å². The normalized spacial score (nSPS) is 20.5. The number of aromatic nitrogens is 2. The third-order valence-electron chi connectivity index (χ3n) is 7.16. The van der Waals surface area contributed by atoms with Gasteiger partial charge in [-0.25, -0.2) is 22.2 Å². The molecule has 0 radical (unpaired) electrons. The molecule has 8 nitrogen and oxygen atoms in total. The fraction of sp³-hybridized carbons (Fsp3) is 0.565. The third-order valence-corrected chi connectivity index (χ3v) is 8.95. The van der Waals surface area contributed by atoms with Gasteiger partial charge in [0.05, 0.1) is 17.5 Å². The number of nitrogens with one attached hydrogen (secondary N) is 1. The lowest BCUT2D eigenvalue weighted by Crippen LogP contribution is -2.63. The minimum Gasteiger partial charge on any atom is -0.350 e. The van der Waals surface area contributed by atoms with E-state index in [1.165, 1.54) is 33.5 Å². The summed E-state index contributed by atoms with van der Waals surface area (Å²) in [6.07, 6.45) is -2.82. The van der Waals surface area contributed by atoms with Crippen molar-refractivity contribution >= 4 is 28.3 Å². The largest absolute Gasteiger partial charge is 0.417 e. The van der Waals surface area contributed by atoms with E-state index in [4.69, 9.17) is 0 Å². The first-order valence-electron chi connectivity index (χ1n) is 11.8. The number of sulfonamides is 1. The Balaban J connectivity index is 0.00000400. The van der Waals surface area contributed by atoms with Crippen LogP contribution in [0.25, 0.3) is 0 Å². The zero-order chi connectivity index (χ0) is 27.1. The second-order valence-electron chi connectivity index (χ2n) is 9.57. The highest BCUT2D eigenvalue weighted by atomic mass is 35.5. The number of halogens is 6. The van der Waals surface area contributed by atoms with Crippen molar-refractivity contribution in [1.82, 2.24) is 24.1 Å². The van der Waals surface area contributed by atoms with E-state index in [-0.39, 0.29) is 63.0 Å². The summed E-state index contributed by atoms with van der Waals surface area (Å²) in [5.41, 5.74) is -2.56. The highest BCUT2D eigenvalue weighted by molar-refractivity contribution is 7.89. The van der Waals surface area contributed by atoms with Crippen molar-refractivity contribution in [2.24, 2.45) is 7.05 Å². The van der Waals surface area contributed by atoms with E-state index in [2.05, 4.69) is 10.3 Å². The molecule has 1 N–H and O–H groups in total. The van der Waals surface area contributed by atoms with E-state index < -0.39 is 57.5 Å². The van der Waals surface area contributed by atoms with Crippen LogP contribution in [0, 0.1) is 0 Å². The van der Waals surface area contributed by atoms with Crippen LogP contribution in [0.4, 0.5) is 22.0 Å². The number of aryl methyl sites for hydroxylation is 1. The minimum absolute atomic E-state index is 0. The van der Waals surface area contributed by atoms with Gasteiger partial charge < -0.3 is 9.88 Å². The number of benzene rings is 1. The maximum Gasteiger partial charge on any atom is 0.417 e. The van der Waals surface area contributed by atoms with Gasteiger partial charge in [-0.1, -0.05) is 12.1 Å². The van der Waals surface area contributed by atoms with Crippen LogP contribution in [-0.2, 0) is 23.2 Å². The Morgan fingerprint density at radius 3 is 2.21 bits per heavy atom. The van der Waals surface area contributed by atoms with Gasteiger partial charge in [-0.15, -0.1) is 12.4 Å². The van der Waals surface area contributed by atoms with E-state index in [9.17, 15) is 35.2 Å². The fourth-order valence-electron chi connectivity index (χ4n) is 5.01. The van der Waals surface area contributed by atoms with Gasteiger partial charge >= 0.3 is 6.18 Å². The molecule has 0 spiro atoms. The Hall–Kier alpha value is -2.29. The summed E-state index contributed by atoms with van der Waals surface area (Å²) in [7, 11) is -2.19. The molecule has 1 aromatic carbocycles. The third kappa shape index (κ3) is 6.29. The average Bonchev–Trinajstić information content (AvgIpc) is 3.30. The van der Waals surface area contributed by atoms with Gasteiger partial charge in [-0.3, -0.25) is 9.69 Å². The highest BCUT2D eigenvalue weighted by Gasteiger charge is 2.48. The first-order chi connectivity index (χ1) is 17.2. The lowest BCUT2D eigenvalue weighted by atomic mass is 9.78. The van der Waals surface area contributed by atoms with E-state index in [1.807, 2.05) is 4.90 Å². The molecule has 2 fully saturated rings. The quantitative estimate of drug-likeness (QED) is 0.524. The van der Waals surface area contributed by atoms with Crippen LogP contribution in [0.15, 0.2) is 41.8 Å². The Morgan fingerprint density at radius 1 is 1.05 bits per heavy atom. The van der Waals surface area contributed by atoms with Crippen molar-refractivity contribution in [3.05, 3.63) is 47.9 Å². The van der Waals surface area contributed by atoms with Crippen LogP contribution in [-0.4, -0.2) is 77.3 Å². The summed E-state index contributed by atoms with van der Waals surface area (Å²) < 4.78 is 96.9. The van der Waals surface area contributed by atoms with Gasteiger partial charge in [0.1, 0.15) is 0 Å². The van der Waals surface area contributed by atoms with Gasteiger partial charge in [0.25, 0.3) is 15.9 Å². The summed E-state index contributed by atoms with van der Waals surface area (Å²) in [5, 5.41) is 2.45. The van der Waals surface area contributed by atoms with Gasteiger partial charge in [-0.2, -0.15) is 17.5 Å². The highest BCUT2D eigenvalue weighted by Crippen LogP contribution is 2.42. The number of rotatable bonds is 6. The maximum absolute atomic E-state index is 14.0. The van der Waals surface area contributed by atoms with Crippen LogP contribution in [0.1, 0.15) is 41.6 Å². The topological polar surface area (TPSA) is 87.5 Å². The molecular formula is C23H29ClF5N5O3S. The zero-order valence-electron chi connectivity index (χ0n) is 20.5. The smallest absolute Gasteiger partial charge is 0.350 e. The van der Waals surface area contributed by atoms with E-state index >= 15 is 0 Å². The van der Waals surface area contributed by atoms with Gasteiger partial charge in [-0.05, 0) is 25.0 Å². The van der Waals surface area contributed by atoms with Crippen molar-refractivity contribution in [2.45, 2.75) is 48.3 Å². The van der Waals surface area contributed by atoms with E-state index in [1.54, 1.807) is 7.05 Å². The second-order valence-corrected chi connectivity index (χ2v) is 11.5. The fourth-order valence-corrected chi connectivity index (χ4v) is 6.40. The van der Waals surface area contributed by atoms with Crippen LogP contribution in [0.2, 0.25) is 0 Å². The SMILES string of the molecule is Cl.Cn1cnc(S(=O)(=O)N2CCN(C3(CNC(=O)c4ccccc4C(F)(F)F)CCC(F)(F)CC3)CC2)c1. The number of alkyl halides is 5. The molecule has 1 aromatic heterocycles. The van der Waals surface area contributed by atoms with Gasteiger partial charge in [0.15, 0.2) is 5.03 Å². The molecule has 0 atom stereocenters. The average molecular weight is 586 g/mol. The molecule has 1 saturated heterocycles. The summed E-state index contributed by atoms with van der Waals surface area (Å²) in [5.74, 6) is -3.82. The molecule has 1 aliphatic carbocycles. The van der Waals surface area contributed by atoms with Gasteiger partial charge in [0.2, 0.25) is 5.92 Å². The molecule has 2 aromatic rings. The number of imidazole rings is 1. The molecule has 0 bridgehead atoms. The predicted octanol–water partition coefficient (Wildman–Crippen LogP) is 3.55. The minimum atomic E-state index is -4.73. The Morgan fingerprint density at radius 2 is 1.66 bits per heavy atom. The molecule has 0 unspecified atom stereocenters. The number of amides is 1. The number of carbonyl (C=O) groups excluding carboxylic acids is 1. The Bertz CT molecular complexity index is 1240. The Labute approximate surface area is 223 Å². The second kappa shape index (κ2) is 11.1. The molecule has 1 saturated carbocycles. The molecule has 2 aliphatic rings. The molecule has 1 aliphatic heterocycles. The maximum atomic E-state index is 14.0. The zero-order valence-corrected chi connectivity index (χ0v) is 22.2. The van der Waals surface area contributed by atoms with Crippen LogP contribution in [0.5, 0.6) is 0 Å². The standard InChI is InChI=1S/C23H28F5N5O3S.ClH/c1-31-14-19(30-16-31)37(35,36)33-12-10-32(11-13-33)21(6-8-22(24,25)9-7-21)15-29-20(34)17-4-2-3-5-18(17)23(26,27)28;/h2-5,14,16H,6-13,15H2,1H3,(H,29,34);1H. The number of piperazine rings is 1. The van der Waals surface area contributed by atoms with Crippen LogP contribution >= 0.6 is 12.4 Å². The monoisotopic (exact) mass is 585 g/mol. The molecule has 212 valence electrons. The number of nitrogens with zero attached hydrogens (tertiary/aromatic N) is 4. The van der Waals surface area contributed by atoms with Crippen molar-refractivity contribution in [3.63, 3.8) is 0 Å². The first kappa shape index (κ1) is 30.3. The first-order valence-corrected chi connectivity index (χ1v) is 13.2. The summed E-state index contributed by atoms with van der Waals surface area (Å²) in [6, 6.07) is 4.39. The number of hydrogen-bond acceptors (Lipinski definition) is 5. The lowest BCUT2D eigenvalue weighted by molar-refractivity contribution is -0.138. The molecule has 2 heterocycles. The van der Waals surface area contributed by atoms with Crippen molar-refractivity contribution in [1.29, 1.82) is 0 Å². The summed E-state index contributed by atoms with van der Waals surface area (Å²) in [6.45, 7) is 0.462. The van der Waals surface area contributed by atoms with Crippen molar-refractivity contribution in [2.75, 3.05) is 32.7 Å². The van der Waals surface area contributed by atoms with Crippen LogP contribution in [0.3, 0.4) is 0 Å². The number of hydrogen-bond donors (Lipinski definition) is 1. The summed E-state index contributed by atoms with van der Waals surface area (Å²) in [4.78, 5) is 18.6. The molecule has 1 amide bonds. The lowest BCUT2D eigenvalue weighted by Gasteiger charge is -2.50. The molecular weight excluding hydrogens is 557 g/mol. The number of carbonyl (C=O) groups is 1. The van der Waals surface area contributed by atoms with E-state index in [0.717, 1.165) is 12.1 Å². The molecule has 4 rings (SSSR count). The Kier molecular flexibility index (Phi) is 8.81. The predicted molar refractivity (Wildman–Crippen MR) is 131 cm³/mol.